The summed E-state index contributed by atoms with van der Waals surface area (Å²) in [5.74, 6) is -1.26. The molecule has 2 aliphatic rings. The third kappa shape index (κ3) is 2.76. The van der Waals surface area contributed by atoms with Crippen molar-refractivity contribution < 1.29 is 28.8 Å². The molecular formula is C20H17N3O7. The van der Waals surface area contributed by atoms with Crippen molar-refractivity contribution in [3.8, 4) is 11.5 Å². The Morgan fingerprint density at radius 1 is 1.13 bits per heavy atom. The van der Waals surface area contributed by atoms with E-state index in [0.717, 1.165) is 4.90 Å². The minimum atomic E-state index is -1.15. The van der Waals surface area contributed by atoms with Crippen LogP contribution in [0.2, 0.25) is 0 Å². The van der Waals surface area contributed by atoms with Gasteiger partial charge in [0.25, 0.3) is 11.6 Å². The molecule has 2 aromatic carbocycles. The molecule has 154 valence electrons. The van der Waals surface area contributed by atoms with E-state index in [-0.39, 0.29) is 22.6 Å². The van der Waals surface area contributed by atoms with Crippen molar-refractivity contribution in [3.63, 3.8) is 0 Å². The van der Waals surface area contributed by atoms with E-state index in [1.807, 2.05) is 0 Å². The summed E-state index contributed by atoms with van der Waals surface area (Å²) in [5.41, 5.74) is 0.869. The Labute approximate surface area is 170 Å². The molecule has 0 unspecified atom stereocenters. The number of nitro benzene ring substituents is 1. The van der Waals surface area contributed by atoms with E-state index in [0.29, 0.717) is 17.1 Å². The molecule has 0 bridgehead atoms. The highest BCUT2D eigenvalue weighted by molar-refractivity contribution is 6.33. The van der Waals surface area contributed by atoms with Gasteiger partial charge in [-0.05, 0) is 31.2 Å². The molecule has 10 nitrogen and oxygen atoms in total. The summed E-state index contributed by atoms with van der Waals surface area (Å²) in [7, 11) is 2.97. The molecule has 2 aromatic rings. The molecule has 0 aliphatic carbocycles. The van der Waals surface area contributed by atoms with E-state index in [1.54, 1.807) is 18.2 Å². The Kier molecular flexibility index (Phi) is 4.61. The highest BCUT2D eigenvalue weighted by atomic mass is 16.7. The molecule has 4 rings (SSSR count). The summed E-state index contributed by atoms with van der Waals surface area (Å²) in [6.07, 6.45) is -1.15. The number of methoxy groups -OCH3 is 2. The molecule has 2 atom stereocenters. The number of fused-ring (bicyclic) bond motifs is 1. The first-order chi connectivity index (χ1) is 14.4. The average molecular weight is 411 g/mol. The molecule has 30 heavy (non-hydrogen) atoms. The highest BCUT2D eigenvalue weighted by Crippen LogP contribution is 2.40. The monoisotopic (exact) mass is 411 g/mol. The van der Waals surface area contributed by atoms with Crippen molar-refractivity contribution in [3.05, 3.63) is 57.6 Å². The molecule has 2 heterocycles. The number of imide groups is 1. The summed E-state index contributed by atoms with van der Waals surface area (Å²) < 4.78 is 10.6. The number of carbonyl (C=O) groups excluding carboxylic acids is 2. The quantitative estimate of drug-likeness (QED) is 0.420. The zero-order chi connectivity index (χ0) is 21.6. The highest BCUT2D eigenvalue weighted by Gasteiger charge is 2.57. The molecule has 1 fully saturated rings. The first kappa shape index (κ1) is 19.4. The van der Waals surface area contributed by atoms with E-state index in [9.17, 15) is 19.7 Å². The van der Waals surface area contributed by atoms with Gasteiger partial charge in [-0.3, -0.25) is 19.7 Å². The standard InChI is InChI=1S/C20H17N3O7/c1-10-13(5-4-6-14(10)23(26)27)22-19(24)16-17(21-30-18(16)20(22)25)12-9-11(28-2)7-8-15(12)29-3/h4-9,16,18H,1-3H3/t16-,18-/m1/s1. The van der Waals surface area contributed by atoms with Crippen LogP contribution in [0.1, 0.15) is 11.1 Å². The molecule has 0 saturated carbocycles. The predicted octanol–water partition coefficient (Wildman–Crippen LogP) is 2.21. The molecule has 0 N–H and O–H groups in total. The molecule has 0 aromatic heterocycles. The lowest BCUT2D eigenvalue weighted by molar-refractivity contribution is -0.385. The summed E-state index contributed by atoms with van der Waals surface area (Å²) in [6.45, 7) is 1.49. The van der Waals surface area contributed by atoms with Crippen LogP contribution in [-0.4, -0.2) is 42.8 Å². The number of rotatable bonds is 5. The molecule has 1 saturated heterocycles. The van der Waals surface area contributed by atoms with Crippen LogP contribution in [0.5, 0.6) is 11.5 Å². The van der Waals surface area contributed by atoms with Crippen LogP contribution in [-0.2, 0) is 14.4 Å². The van der Waals surface area contributed by atoms with Gasteiger partial charge in [0, 0.05) is 11.6 Å². The number of nitrogens with zero attached hydrogens (tertiary/aromatic N) is 3. The van der Waals surface area contributed by atoms with E-state index in [1.165, 1.54) is 39.3 Å². The van der Waals surface area contributed by atoms with E-state index >= 15 is 0 Å². The molecule has 10 heteroatoms. The van der Waals surface area contributed by atoms with Crippen molar-refractivity contribution in [1.29, 1.82) is 0 Å². The zero-order valence-electron chi connectivity index (χ0n) is 16.3. The van der Waals surface area contributed by atoms with Gasteiger partial charge >= 0.3 is 0 Å². The van der Waals surface area contributed by atoms with Crippen molar-refractivity contribution >= 4 is 28.9 Å². The fourth-order valence-electron chi connectivity index (χ4n) is 3.70. The van der Waals surface area contributed by atoms with Crippen LogP contribution in [0.4, 0.5) is 11.4 Å². The lowest BCUT2D eigenvalue weighted by atomic mass is 9.93. The number of amides is 2. The first-order valence-electron chi connectivity index (χ1n) is 8.97. The summed E-state index contributed by atoms with van der Waals surface area (Å²) in [6, 6.07) is 9.22. The van der Waals surface area contributed by atoms with E-state index in [2.05, 4.69) is 5.16 Å². The van der Waals surface area contributed by atoms with Gasteiger partial charge in [0.05, 0.1) is 30.4 Å². The van der Waals surface area contributed by atoms with Crippen LogP contribution >= 0.6 is 0 Å². The number of anilines is 1. The van der Waals surface area contributed by atoms with Crippen LogP contribution in [0, 0.1) is 23.0 Å². The zero-order valence-corrected chi connectivity index (χ0v) is 16.3. The van der Waals surface area contributed by atoms with Crippen LogP contribution in [0.15, 0.2) is 41.6 Å². The maximum Gasteiger partial charge on any atom is 0.278 e. The van der Waals surface area contributed by atoms with Gasteiger partial charge in [0.2, 0.25) is 12.0 Å². The van der Waals surface area contributed by atoms with Crippen molar-refractivity contribution in [2.24, 2.45) is 11.1 Å². The van der Waals surface area contributed by atoms with Crippen LogP contribution < -0.4 is 14.4 Å². The summed E-state index contributed by atoms with van der Waals surface area (Å²) >= 11 is 0. The molecule has 2 aliphatic heterocycles. The van der Waals surface area contributed by atoms with Crippen molar-refractivity contribution in [2.45, 2.75) is 13.0 Å². The Bertz CT molecular complexity index is 1110. The lowest BCUT2D eigenvalue weighted by Gasteiger charge is -2.18. The number of nitro groups is 1. The van der Waals surface area contributed by atoms with Gasteiger partial charge in [-0.25, -0.2) is 4.90 Å². The number of hydrogen-bond acceptors (Lipinski definition) is 8. The first-order valence-corrected chi connectivity index (χ1v) is 8.97. The maximum absolute atomic E-state index is 13.3. The van der Waals surface area contributed by atoms with Gasteiger partial charge in [-0.15, -0.1) is 0 Å². The molecule has 2 amide bonds. The third-order valence-corrected chi connectivity index (χ3v) is 5.21. The average Bonchev–Trinajstić information content (AvgIpc) is 3.28. The molecule has 0 spiro atoms. The Hall–Kier alpha value is -3.95. The number of carbonyl (C=O) groups is 2. The Balaban J connectivity index is 1.77. The molecular weight excluding hydrogens is 394 g/mol. The maximum atomic E-state index is 13.3. The predicted molar refractivity (Wildman–Crippen MR) is 105 cm³/mol. The summed E-state index contributed by atoms with van der Waals surface area (Å²) in [4.78, 5) is 43.2. The smallest absolute Gasteiger partial charge is 0.278 e. The number of ether oxygens (including phenoxy) is 2. The van der Waals surface area contributed by atoms with E-state index in [4.69, 9.17) is 14.3 Å². The van der Waals surface area contributed by atoms with Crippen LogP contribution in [0.25, 0.3) is 0 Å². The van der Waals surface area contributed by atoms with Crippen LogP contribution in [0.3, 0.4) is 0 Å². The Morgan fingerprint density at radius 2 is 1.90 bits per heavy atom. The van der Waals surface area contributed by atoms with Gasteiger partial charge in [-0.1, -0.05) is 11.2 Å². The number of oxime groups is 1. The number of benzene rings is 2. The SMILES string of the molecule is COc1ccc(OC)c(C2=NO[C@H]3C(=O)N(c4cccc([N+](=O)[O-])c4C)C(=O)[C@H]23)c1. The van der Waals surface area contributed by atoms with Crippen molar-refractivity contribution in [2.75, 3.05) is 19.1 Å². The third-order valence-electron chi connectivity index (χ3n) is 5.21. The second kappa shape index (κ2) is 7.14. The molecule has 0 radical (unpaired) electrons. The normalized spacial score (nSPS) is 20.0. The second-order valence-electron chi connectivity index (χ2n) is 6.74. The van der Waals surface area contributed by atoms with E-state index < -0.39 is 28.8 Å². The van der Waals surface area contributed by atoms with Gasteiger partial charge in [0.15, 0.2) is 0 Å². The van der Waals surface area contributed by atoms with Crippen molar-refractivity contribution in [1.82, 2.24) is 0 Å². The minimum Gasteiger partial charge on any atom is -0.497 e. The van der Waals surface area contributed by atoms with Gasteiger partial charge in [-0.2, -0.15) is 0 Å². The van der Waals surface area contributed by atoms with Gasteiger partial charge in [0.1, 0.15) is 23.1 Å². The largest absolute Gasteiger partial charge is 0.497 e. The fraction of sp³-hybridized carbons (Fsp3) is 0.250. The second-order valence-corrected chi connectivity index (χ2v) is 6.74. The van der Waals surface area contributed by atoms with Gasteiger partial charge < -0.3 is 14.3 Å². The lowest BCUT2D eigenvalue weighted by Crippen LogP contribution is -2.33. The Morgan fingerprint density at radius 3 is 2.57 bits per heavy atom. The minimum absolute atomic E-state index is 0.147. The topological polar surface area (TPSA) is 121 Å². The summed E-state index contributed by atoms with van der Waals surface area (Å²) in [5, 5.41) is 15.2. The fourth-order valence-corrected chi connectivity index (χ4v) is 3.70. The number of hydrogen-bond donors (Lipinski definition) is 0.